The van der Waals surface area contributed by atoms with Crippen molar-refractivity contribution in [1.82, 2.24) is 0 Å². The first-order valence-corrected chi connectivity index (χ1v) is 6.23. The van der Waals surface area contributed by atoms with Crippen LogP contribution >= 0.6 is 11.8 Å². The molecule has 1 unspecified atom stereocenters. The van der Waals surface area contributed by atoms with E-state index in [2.05, 4.69) is 11.8 Å². The summed E-state index contributed by atoms with van der Waals surface area (Å²) in [5.74, 6) is 1.91. The maximum Gasteiger partial charge on any atom is 0.148 e. The average molecular weight is 226 g/mol. The van der Waals surface area contributed by atoms with E-state index in [1.807, 2.05) is 11.8 Å². The number of halogens is 1. The maximum absolute atomic E-state index is 13.7. The van der Waals surface area contributed by atoms with Gasteiger partial charge in [-0.25, -0.2) is 4.39 Å². The SMILES string of the molecule is CC1CSCCN1c1ccc(N)cc1F. The molecule has 1 aromatic carbocycles. The van der Waals surface area contributed by atoms with E-state index < -0.39 is 0 Å². The molecule has 0 radical (unpaired) electrons. The van der Waals surface area contributed by atoms with Crippen LogP contribution in [0.2, 0.25) is 0 Å². The van der Waals surface area contributed by atoms with Gasteiger partial charge in [0.25, 0.3) is 0 Å². The Labute approximate surface area is 93.6 Å². The van der Waals surface area contributed by atoms with Crippen molar-refractivity contribution < 1.29 is 4.39 Å². The summed E-state index contributed by atoms with van der Waals surface area (Å²) < 4.78 is 13.7. The van der Waals surface area contributed by atoms with E-state index in [-0.39, 0.29) is 5.82 Å². The predicted octanol–water partition coefficient (Wildman–Crippen LogP) is 2.35. The lowest BCUT2D eigenvalue weighted by molar-refractivity contribution is 0.604. The highest BCUT2D eigenvalue weighted by molar-refractivity contribution is 7.99. The molecule has 2 N–H and O–H groups in total. The van der Waals surface area contributed by atoms with Crippen molar-refractivity contribution in [3.05, 3.63) is 24.0 Å². The summed E-state index contributed by atoms with van der Waals surface area (Å²) in [4.78, 5) is 2.12. The molecule has 1 heterocycles. The Bertz CT molecular complexity index is 356. The minimum atomic E-state index is -0.214. The van der Waals surface area contributed by atoms with Gasteiger partial charge in [-0.1, -0.05) is 0 Å². The van der Waals surface area contributed by atoms with E-state index >= 15 is 0 Å². The van der Waals surface area contributed by atoms with E-state index in [4.69, 9.17) is 5.73 Å². The zero-order valence-corrected chi connectivity index (χ0v) is 9.56. The molecule has 2 nitrogen and oxygen atoms in total. The van der Waals surface area contributed by atoms with Crippen LogP contribution in [0.3, 0.4) is 0 Å². The van der Waals surface area contributed by atoms with Gasteiger partial charge in [0, 0.05) is 29.8 Å². The maximum atomic E-state index is 13.7. The van der Waals surface area contributed by atoms with E-state index in [0.29, 0.717) is 17.4 Å². The molecule has 0 bridgehead atoms. The third-order valence-electron chi connectivity index (χ3n) is 2.65. The molecule has 2 rings (SSSR count). The highest BCUT2D eigenvalue weighted by atomic mass is 32.2. The zero-order valence-electron chi connectivity index (χ0n) is 8.74. The van der Waals surface area contributed by atoms with E-state index in [9.17, 15) is 4.39 Å². The van der Waals surface area contributed by atoms with Gasteiger partial charge < -0.3 is 10.6 Å². The molecule has 0 aromatic heterocycles. The lowest BCUT2D eigenvalue weighted by atomic mass is 10.2. The number of rotatable bonds is 1. The minimum absolute atomic E-state index is 0.214. The van der Waals surface area contributed by atoms with Crippen LogP contribution < -0.4 is 10.6 Å². The van der Waals surface area contributed by atoms with Gasteiger partial charge in [-0.2, -0.15) is 11.8 Å². The molecule has 82 valence electrons. The molecule has 4 heteroatoms. The lowest BCUT2D eigenvalue weighted by Crippen LogP contribution is -2.40. The number of anilines is 2. The van der Waals surface area contributed by atoms with Gasteiger partial charge in [0.05, 0.1) is 5.69 Å². The summed E-state index contributed by atoms with van der Waals surface area (Å²) in [5, 5.41) is 0. The fourth-order valence-electron chi connectivity index (χ4n) is 1.84. The van der Waals surface area contributed by atoms with Gasteiger partial charge in [-0.15, -0.1) is 0 Å². The first-order chi connectivity index (χ1) is 7.18. The highest BCUT2D eigenvalue weighted by Gasteiger charge is 2.21. The molecule has 1 aromatic rings. The van der Waals surface area contributed by atoms with Crippen molar-refractivity contribution in [2.24, 2.45) is 0 Å². The third-order valence-corrected chi connectivity index (χ3v) is 3.84. The van der Waals surface area contributed by atoms with Gasteiger partial charge in [-0.3, -0.25) is 0 Å². The first-order valence-electron chi connectivity index (χ1n) is 5.08. The molecule has 1 atom stereocenters. The Hall–Kier alpha value is -0.900. The number of hydrogen-bond donors (Lipinski definition) is 1. The number of thioether (sulfide) groups is 1. The Balaban J connectivity index is 2.27. The van der Waals surface area contributed by atoms with Crippen LogP contribution in [0.25, 0.3) is 0 Å². The van der Waals surface area contributed by atoms with Crippen LogP contribution in [0, 0.1) is 5.82 Å². The Morgan fingerprint density at radius 2 is 2.33 bits per heavy atom. The Morgan fingerprint density at radius 1 is 1.53 bits per heavy atom. The molecule has 1 saturated heterocycles. The van der Waals surface area contributed by atoms with Crippen molar-refractivity contribution in [1.29, 1.82) is 0 Å². The van der Waals surface area contributed by atoms with Gasteiger partial charge >= 0.3 is 0 Å². The monoisotopic (exact) mass is 226 g/mol. The fourth-order valence-corrected chi connectivity index (χ4v) is 2.85. The van der Waals surface area contributed by atoms with E-state index in [1.165, 1.54) is 6.07 Å². The molecule has 15 heavy (non-hydrogen) atoms. The average Bonchev–Trinajstić information content (AvgIpc) is 2.20. The first kappa shape index (κ1) is 10.6. The van der Waals surface area contributed by atoms with E-state index in [0.717, 1.165) is 18.1 Å². The van der Waals surface area contributed by atoms with Crippen LogP contribution in [0.5, 0.6) is 0 Å². The number of nitrogen functional groups attached to an aromatic ring is 1. The molecular formula is C11H15FN2S. The normalized spacial score (nSPS) is 21.7. The quantitative estimate of drug-likeness (QED) is 0.745. The molecule has 0 spiro atoms. The van der Waals surface area contributed by atoms with Crippen LogP contribution in [0.15, 0.2) is 18.2 Å². The van der Waals surface area contributed by atoms with Crippen LogP contribution in [0.1, 0.15) is 6.92 Å². The van der Waals surface area contributed by atoms with Crippen LogP contribution in [-0.4, -0.2) is 24.1 Å². The number of nitrogens with two attached hydrogens (primary N) is 1. The topological polar surface area (TPSA) is 29.3 Å². The second-order valence-electron chi connectivity index (χ2n) is 3.83. The van der Waals surface area contributed by atoms with Crippen molar-refractivity contribution in [3.8, 4) is 0 Å². The second-order valence-corrected chi connectivity index (χ2v) is 4.98. The summed E-state index contributed by atoms with van der Waals surface area (Å²) in [5.41, 5.74) is 6.69. The third kappa shape index (κ3) is 2.20. The summed E-state index contributed by atoms with van der Waals surface area (Å²) in [6, 6.07) is 5.32. The zero-order chi connectivity index (χ0) is 10.8. The standard InChI is InChI=1S/C11H15FN2S/c1-8-7-15-5-4-14(8)11-3-2-9(13)6-10(11)12/h2-3,6,8H,4-5,7,13H2,1H3. The smallest absolute Gasteiger partial charge is 0.148 e. The van der Waals surface area contributed by atoms with Crippen molar-refractivity contribution in [3.63, 3.8) is 0 Å². The fraction of sp³-hybridized carbons (Fsp3) is 0.455. The minimum Gasteiger partial charge on any atom is -0.399 e. The summed E-state index contributed by atoms with van der Waals surface area (Å²) in [7, 11) is 0. The summed E-state index contributed by atoms with van der Waals surface area (Å²) in [6.07, 6.45) is 0. The number of benzene rings is 1. The van der Waals surface area contributed by atoms with Crippen molar-refractivity contribution >= 4 is 23.1 Å². The number of nitrogens with zero attached hydrogens (tertiary/aromatic N) is 1. The van der Waals surface area contributed by atoms with Crippen molar-refractivity contribution in [2.75, 3.05) is 28.7 Å². The summed E-state index contributed by atoms with van der Waals surface area (Å²) >= 11 is 1.92. The van der Waals surface area contributed by atoms with Gasteiger partial charge in [0.2, 0.25) is 0 Å². The Morgan fingerprint density at radius 3 is 3.00 bits per heavy atom. The highest BCUT2D eigenvalue weighted by Crippen LogP contribution is 2.27. The molecule has 1 aliphatic heterocycles. The largest absolute Gasteiger partial charge is 0.399 e. The molecular weight excluding hydrogens is 211 g/mol. The van der Waals surface area contributed by atoms with Crippen LogP contribution in [-0.2, 0) is 0 Å². The van der Waals surface area contributed by atoms with Crippen LogP contribution in [0.4, 0.5) is 15.8 Å². The molecule has 1 aliphatic rings. The summed E-state index contributed by atoms with van der Waals surface area (Å²) in [6.45, 7) is 3.04. The van der Waals surface area contributed by atoms with Crippen molar-refractivity contribution in [2.45, 2.75) is 13.0 Å². The van der Waals surface area contributed by atoms with Gasteiger partial charge in [0.1, 0.15) is 5.82 Å². The van der Waals surface area contributed by atoms with E-state index in [1.54, 1.807) is 12.1 Å². The Kier molecular flexibility index (Phi) is 3.05. The van der Waals surface area contributed by atoms with Gasteiger partial charge in [0.15, 0.2) is 0 Å². The molecule has 0 amide bonds. The molecule has 1 fully saturated rings. The molecule has 0 aliphatic carbocycles. The number of hydrogen-bond acceptors (Lipinski definition) is 3. The molecule has 0 saturated carbocycles. The lowest BCUT2D eigenvalue weighted by Gasteiger charge is -2.35. The predicted molar refractivity (Wildman–Crippen MR) is 64.9 cm³/mol. The van der Waals surface area contributed by atoms with Gasteiger partial charge in [-0.05, 0) is 25.1 Å². The second kappa shape index (κ2) is 4.31.